The van der Waals surface area contributed by atoms with Crippen LogP contribution in [0.5, 0.6) is 0 Å². The molecule has 1 aliphatic rings. The van der Waals surface area contributed by atoms with E-state index in [1.165, 1.54) is 10.9 Å². The number of rotatable bonds is 5. The second-order valence-electron chi connectivity index (χ2n) is 6.80. The summed E-state index contributed by atoms with van der Waals surface area (Å²) in [6.45, 7) is 2.15. The summed E-state index contributed by atoms with van der Waals surface area (Å²) in [6, 6.07) is 3.77. The number of likely N-dealkylation sites (N-methyl/N-ethyl adjacent to an activating group) is 1. The third-order valence-electron chi connectivity index (χ3n) is 4.95. The van der Waals surface area contributed by atoms with E-state index in [2.05, 4.69) is 25.6 Å². The molecule has 3 aromatic heterocycles. The van der Waals surface area contributed by atoms with Gasteiger partial charge in [0.2, 0.25) is 0 Å². The molecule has 4 N–H and O–H groups in total. The molecule has 1 saturated heterocycles. The molecule has 0 spiro atoms. The predicted octanol–water partition coefficient (Wildman–Crippen LogP) is -0.371. The van der Waals surface area contributed by atoms with Gasteiger partial charge in [-0.15, -0.1) is 0 Å². The van der Waals surface area contributed by atoms with Gasteiger partial charge in [0.15, 0.2) is 35.1 Å². The van der Waals surface area contributed by atoms with Crippen LogP contribution >= 0.6 is 0 Å². The first-order valence-corrected chi connectivity index (χ1v) is 9.29. The zero-order chi connectivity index (χ0) is 20.7. The molecule has 1 aliphatic heterocycles. The highest BCUT2D eigenvalue weighted by molar-refractivity contribution is 5.85. The van der Waals surface area contributed by atoms with Crippen LogP contribution in [0.25, 0.3) is 22.7 Å². The third kappa shape index (κ3) is 3.12. The van der Waals surface area contributed by atoms with Crippen molar-refractivity contribution < 1.29 is 19.7 Å². The number of amides is 1. The Labute approximate surface area is 166 Å². The van der Waals surface area contributed by atoms with Gasteiger partial charge in [0.05, 0.1) is 12.0 Å². The minimum absolute atomic E-state index is 0.388. The van der Waals surface area contributed by atoms with E-state index in [0.717, 1.165) is 5.69 Å². The number of aliphatic hydroxyl groups is 2. The van der Waals surface area contributed by atoms with Crippen LogP contribution in [-0.4, -0.2) is 72.1 Å². The van der Waals surface area contributed by atoms with E-state index < -0.39 is 30.4 Å². The summed E-state index contributed by atoms with van der Waals surface area (Å²) in [5.74, 6) is 0.490. The quantitative estimate of drug-likeness (QED) is 0.454. The van der Waals surface area contributed by atoms with E-state index >= 15 is 0 Å². The van der Waals surface area contributed by atoms with Crippen LogP contribution in [0.2, 0.25) is 0 Å². The Morgan fingerprint density at radius 2 is 2.10 bits per heavy atom. The summed E-state index contributed by atoms with van der Waals surface area (Å²) in [5, 5.41) is 26.5. The molecule has 0 radical (unpaired) electrons. The number of hydrogen-bond acceptors (Lipinski definition) is 8. The lowest BCUT2D eigenvalue weighted by Crippen LogP contribution is -2.42. The molecule has 4 atom stereocenters. The number of aryl methyl sites for hydroxylation is 1. The molecular formula is C18H23N7O4. The van der Waals surface area contributed by atoms with E-state index in [4.69, 9.17) is 4.74 Å². The minimum atomic E-state index is -1.37. The average Bonchev–Trinajstić information content (AvgIpc) is 3.40. The van der Waals surface area contributed by atoms with E-state index in [0.29, 0.717) is 29.4 Å². The molecule has 0 saturated carbocycles. The first-order valence-electron chi connectivity index (χ1n) is 9.29. The Morgan fingerprint density at radius 3 is 2.76 bits per heavy atom. The van der Waals surface area contributed by atoms with Crippen molar-refractivity contribution in [3.05, 3.63) is 24.7 Å². The summed E-state index contributed by atoms with van der Waals surface area (Å²) in [7, 11) is 3.61. The number of carbonyl (C=O) groups is 1. The molecule has 4 unspecified atom stereocenters. The number of anilines is 1. The molecule has 11 nitrogen and oxygen atoms in total. The van der Waals surface area contributed by atoms with Gasteiger partial charge in [0.25, 0.3) is 5.91 Å². The smallest absolute Gasteiger partial charge is 0.252 e. The van der Waals surface area contributed by atoms with Crippen molar-refractivity contribution in [3.63, 3.8) is 0 Å². The SMILES string of the molecule is CCNC(=O)C1OC(n2cnc3c(NC)nc(-c4cccn4C)nc32)C(O)C1O. The number of nitrogens with zero attached hydrogens (tertiary/aromatic N) is 5. The Balaban J connectivity index is 1.78. The lowest BCUT2D eigenvalue weighted by molar-refractivity contribution is -0.137. The van der Waals surface area contributed by atoms with Crippen LogP contribution in [0.1, 0.15) is 13.2 Å². The topological polar surface area (TPSA) is 139 Å². The Hall–Kier alpha value is -3.02. The van der Waals surface area contributed by atoms with Gasteiger partial charge >= 0.3 is 0 Å². The lowest BCUT2D eigenvalue weighted by atomic mass is 10.1. The summed E-state index contributed by atoms with van der Waals surface area (Å²) in [4.78, 5) is 25.6. The molecule has 1 amide bonds. The van der Waals surface area contributed by atoms with Gasteiger partial charge in [0, 0.05) is 26.8 Å². The van der Waals surface area contributed by atoms with Crippen molar-refractivity contribution in [2.24, 2.45) is 7.05 Å². The van der Waals surface area contributed by atoms with Crippen LogP contribution in [-0.2, 0) is 16.6 Å². The molecule has 0 bridgehead atoms. The van der Waals surface area contributed by atoms with Crippen LogP contribution in [0.15, 0.2) is 24.7 Å². The highest BCUT2D eigenvalue weighted by Gasteiger charge is 2.47. The first kappa shape index (κ1) is 19.3. The zero-order valence-electron chi connectivity index (χ0n) is 16.3. The van der Waals surface area contributed by atoms with Gasteiger partial charge in [-0.3, -0.25) is 9.36 Å². The number of aromatic nitrogens is 5. The summed E-state index contributed by atoms with van der Waals surface area (Å²) in [6.07, 6.45) is -1.58. The maximum Gasteiger partial charge on any atom is 0.252 e. The number of aliphatic hydroxyl groups excluding tert-OH is 2. The van der Waals surface area contributed by atoms with Crippen molar-refractivity contribution in [1.82, 2.24) is 29.4 Å². The molecule has 1 fully saturated rings. The van der Waals surface area contributed by atoms with Crippen molar-refractivity contribution in [3.8, 4) is 11.5 Å². The van der Waals surface area contributed by atoms with Gasteiger partial charge in [-0.1, -0.05) is 0 Å². The average molecular weight is 401 g/mol. The third-order valence-corrected chi connectivity index (χ3v) is 4.95. The number of ether oxygens (including phenoxy) is 1. The zero-order valence-corrected chi connectivity index (χ0v) is 16.3. The number of nitrogens with one attached hydrogen (secondary N) is 2. The van der Waals surface area contributed by atoms with Crippen molar-refractivity contribution in [2.75, 3.05) is 18.9 Å². The lowest BCUT2D eigenvalue weighted by Gasteiger charge is -2.17. The molecule has 29 heavy (non-hydrogen) atoms. The first-order chi connectivity index (χ1) is 14.0. The maximum absolute atomic E-state index is 12.2. The van der Waals surface area contributed by atoms with Gasteiger partial charge in [-0.25, -0.2) is 15.0 Å². The molecule has 4 rings (SSSR count). The summed E-state index contributed by atoms with van der Waals surface area (Å²) < 4.78 is 9.10. The highest BCUT2D eigenvalue weighted by atomic mass is 16.6. The molecule has 0 aliphatic carbocycles. The Morgan fingerprint density at radius 1 is 1.31 bits per heavy atom. The van der Waals surface area contributed by atoms with E-state index in [9.17, 15) is 15.0 Å². The molecule has 3 aromatic rings. The number of fused-ring (bicyclic) bond motifs is 1. The number of carbonyl (C=O) groups excluding carboxylic acids is 1. The van der Waals surface area contributed by atoms with Crippen molar-refractivity contribution >= 4 is 22.9 Å². The fourth-order valence-corrected chi connectivity index (χ4v) is 3.47. The maximum atomic E-state index is 12.2. The fraction of sp³-hybridized carbons (Fsp3) is 0.444. The summed E-state index contributed by atoms with van der Waals surface area (Å²) >= 11 is 0. The Kier molecular flexibility index (Phi) is 4.94. The summed E-state index contributed by atoms with van der Waals surface area (Å²) in [5.41, 5.74) is 1.69. The molecule has 4 heterocycles. The number of hydrogen-bond donors (Lipinski definition) is 4. The van der Waals surface area contributed by atoms with Gasteiger partial charge < -0.3 is 30.2 Å². The Bertz CT molecular complexity index is 1050. The highest BCUT2D eigenvalue weighted by Crippen LogP contribution is 2.33. The molecule has 0 aromatic carbocycles. The molecule has 11 heteroatoms. The van der Waals surface area contributed by atoms with E-state index in [-0.39, 0.29) is 0 Å². The van der Waals surface area contributed by atoms with E-state index in [1.807, 2.05) is 29.9 Å². The second-order valence-corrected chi connectivity index (χ2v) is 6.80. The van der Waals surface area contributed by atoms with Gasteiger partial charge in [0.1, 0.15) is 12.2 Å². The van der Waals surface area contributed by atoms with Crippen LogP contribution in [0.4, 0.5) is 5.82 Å². The normalized spacial score (nSPS) is 24.2. The minimum Gasteiger partial charge on any atom is -0.387 e. The predicted molar refractivity (Wildman–Crippen MR) is 104 cm³/mol. The van der Waals surface area contributed by atoms with Crippen molar-refractivity contribution in [1.29, 1.82) is 0 Å². The standard InChI is InChI=1S/C18H23N7O4/c1-4-20-17(28)13-11(26)12(27)18(29-13)25-8-21-10-15(19-2)22-14(23-16(10)25)9-6-5-7-24(9)3/h5-8,11-13,18,26-27H,4H2,1-3H3,(H,20,28)(H,19,22,23). The molecular weight excluding hydrogens is 378 g/mol. The second kappa shape index (κ2) is 7.43. The van der Waals surface area contributed by atoms with Crippen molar-refractivity contribution in [2.45, 2.75) is 31.5 Å². The monoisotopic (exact) mass is 401 g/mol. The van der Waals surface area contributed by atoms with Gasteiger partial charge in [-0.2, -0.15) is 0 Å². The van der Waals surface area contributed by atoms with Crippen LogP contribution in [0.3, 0.4) is 0 Å². The van der Waals surface area contributed by atoms with Gasteiger partial charge in [-0.05, 0) is 19.1 Å². The van der Waals surface area contributed by atoms with Crippen LogP contribution in [0, 0.1) is 0 Å². The van der Waals surface area contributed by atoms with Crippen LogP contribution < -0.4 is 10.6 Å². The largest absolute Gasteiger partial charge is 0.387 e. The number of imidazole rings is 1. The van der Waals surface area contributed by atoms with E-state index in [1.54, 1.807) is 14.0 Å². The molecule has 154 valence electrons. The fourth-order valence-electron chi connectivity index (χ4n) is 3.47.